The lowest BCUT2D eigenvalue weighted by Gasteiger charge is -2.05. The zero-order valence-electron chi connectivity index (χ0n) is 10.6. The van der Waals surface area contributed by atoms with Crippen LogP contribution in [0.5, 0.6) is 0 Å². The molecule has 0 amide bonds. The van der Waals surface area contributed by atoms with E-state index in [9.17, 15) is 8.42 Å². The highest BCUT2D eigenvalue weighted by atomic mass is 32.2. The van der Waals surface area contributed by atoms with Gasteiger partial charge in [-0.3, -0.25) is 0 Å². The maximum atomic E-state index is 12.1. The van der Waals surface area contributed by atoms with Gasteiger partial charge >= 0.3 is 0 Å². The monoisotopic (exact) mass is 282 g/mol. The molecule has 4 heteroatoms. The zero-order valence-corrected chi connectivity index (χ0v) is 12.2. The number of allylic oxidation sites excluding steroid dienone is 2. The van der Waals surface area contributed by atoms with Gasteiger partial charge in [-0.1, -0.05) is 23.8 Å². The normalized spacial score (nSPS) is 15.7. The van der Waals surface area contributed by atoms with Gasteiger partial charge in [-0.15, -0.1) is 11.8 Å². The summed E-state index contributed by atoms with van der Waals surface area (Å²) in [5.74, 6) is 1.40. The molecule has 0 fully saturated rings. The van der Waals surface area contributed by atoms with E-state index in [2.05, 4.69) is 6.08 Å². The summed E-state index contributed by atoms with van der Waals surface area (Å²) in [7, 11) is -3.11. The van der Waals surface area contributed by atoms with Crippen LogP contribution in [0.4, 0.5) is 0 Å². The van der Waals surface area contributed by atoms with Gasteiger partial charge in [0.05, 0.1) is 10.6 Å². The first kappa shape index (κ1) is 13.7. The van der Waals surface area contributed by atoms with E-state index in [0.717, 1.165) is 30.6 Å². The summed E-state index contributed by atoms with van der Waals surface area (Å²) in [6.07, 6.45) is 4.97. The molecule has 1 heterocycles. The molecule has 2 rings (SSSR count). The average molecular weight is 282 g/mol. The minimum Gasteiger partial charge on any atom is -0.224 e. The number of sulfone groups is 1. The third-order valence-corrected chi connectivity index (χ3v) is 5.99. The van der Waals surface area contributed by atoms with Crippen LogP contribution >= 0.6 is 11.8 Å². The Balaban J connectivity index is 1.92. The summed E-state index contributed by atoms with van der Waals surface area (Å²) in [4.78, 5) is 1.80. The molecule has 1 aliphatic heterocycles. The van der Waals surface area contributed by atoms with Crippen molar-refractivity contribution in [1.29, 1.82) is 0 Å². The Morgan fingerprint density at radius 2 is 1.94 bits per heavy atom. The van der Waals surface area contributed by atoms with Gasteiger partial charge in [-0.05, 0) is 43.2 Å². The predicted molar refractivity (Wildman–Crippen MR) is 77.6 cm³/mol. The van der Waals surface area contributed by atoms with Crippen molar-refractivity contribution >= 4 is 21.6 Å². The Hall–Kier alpha value is -0.740. The van der Waals surface area contributed by atoms with Crippen LogP contribution in [0, 0.1) is 6.92 Å². The Labute approximate surface area is 113 Å². The molecule has 0 aliphatic carbocycles. The number of hydrogen-bond acceptors (Lipinski definition) is 3. The van der Waals surface area contributed by atoms with Crippen molar-refractivity contribution in [3.05, 3.63) is 40.8 Å². The molecule has 0 bridgehead atoms. The molecule has 18 heavy (non-hydrogen) atoms. The number of benzene rings is 1. The summed E-state index contributed by atoms with van der Waals surface area (Å²) < 4.78 is 24.2. The Kier molecular flexibility index (Phi) is 4.51. The molecular weight excluding hydrogens is 264 g/mol. The summed E-state index contributed by atoms with van der Waals surface area (Å²) >= 11 is 1.86. The number of hydrogen-bond donors (Lipinski definition) is 0. The molecule has 0 unspecified atom stereocenters. The quantitative estimate of drug-likeness (QED) is 0.828. The fourth-order valence-electron chi connectivity index (χ4n) is 1.94. The van der Waals surface area contributed by atoms with Crippen LogP contribution in [0.2, 0.25) is 0 Å². The zero-order chi connectivity index (χ0) is 13.0. The third kappa shape index (κ3) is 3.62. The first-order valence-electron chi connectivity index (χ1n) is 6.19. The van der Waals surface area contributed by atoms with Crippen molar-refractivity contribution in [2.24, 2.45) is 0 Å². The first-order valence-corrected chi connectivity index (χ1v) is 8.83. The van der Waals surface area contributed by atoms with Gasteiger partial charge in [0, 0.05) is 5.75 Å². The predicted octanol–water partition coefficient (Wildman–Crippen LogP) is 3.57. The van der Waals surface area contributed by atoms with Gasteiger partial charge in [0.25, 0.3) is 0 Å². The van der Waals surface area contributed by atoms with Gasteiger partial charge in [0.1, 0.15) is 0 Å². The standard InChI is InChI=1S/C14H18O2S2/c1-12-6-8-14(9-7-12)18(15,16)11-3-5-13-4-2-10-17-13/h4,6-9H,2-3,5,10-11H2,1H3. The molecular formula is C14H18O2S2. The molecule has 0 saturated heterocycles. The largest absolute Gasteiger partial charge is 0.224 e. The lowest BCUT2D eigenvalue weighted by molar-refractivity contribution is 0.593. The molecule has 0 atom stereocenters. The summed E-state index contributed by atoms with van der Waals surface area (Å²) in [6, 6.07) is 7.10. The fourth-order valence-corrected chi connectivity index (χ4v) is 4.28. The van der Waals surface area contributed by atoms with E-state index >= 15 is 0 Å². The van der Waals surface area contributed by atoms with Crippen molar-refractivity contribution in [2.45, 2.75) is 31.1 Å². The minimum absolute atomic E-state index is 0.244. The van der Waals surface area contributed by atoms with E-state index in [-0.39, 0.29) is 5.75 Å². The lowest BCUT2D eigenvalue weighted by atomic mass is 10.2. The second-order valence-corrected chi connectivity index (χ2v) is 7.87. The highest BCUT2D eigenvalue weighted by molar-refractivity contribution is 8.03. The van der Waals surface area contributed by atoms with Crippen LogP contribution in [0.3, 0.4) is 0 Å². The Morgan fingerprint density at radius 3 is 2.56 bits per heavy atom. The molecule has 1 aliphatic rings. The molecule has 1 aromatic rings. The van der Waals surface area contributed by atoms with E-state index < -0.39 is 9.84 Å². The van der Waals surface area contributed by atoms with Crippen LogP contribution in [0.1, 0.15) is 24.8 Å². The third-order valence-electron chi connectivity index (χ3n) is 2.99. The van der Waals surface area contributed by atoms with Gasteiger partial charge in [0.15, 0.2) is 9.84 Å². The molecule has 0 saturated carbocycles. The number of rotatable bonds is 5. The summed E-state index contributed by atoms with van der Waals surface area (Å²) in [5.41, 5.74) is 1.08. The maximum absolute atomic E-state index is 12.1. The van der Waals surface area contributed by atoms with E-state index in [4.69, 9.17) is 0 Å². The Bertz CT molecular complexity index is 527. The molecule has 0 radical (unpaired) electrons. The summed E-state index contributed by atoms with van der Waals surface area (Å²) in [6.45, 7) is 1.96. The van der Waals surface area contributed by atoms with Gasteiger partial charge in [0.2, 0.25) is 0 Å². The van der Waals surface area contributed by atoms with Crippen molar-refractivity contribution in [3.8, 4) is 0 Å². The van der Waals surface area contributed by atoms with Crippen molar-refractivity contribution in [2.75, 3.05) is 11.5 Å². The minimum atomic E-state index is -3.11. The van der Waals surface area contributed by atoms with Crippen LogP contribution in [-0.4, -0.2) is 19.9 Å². The van der Waals surface area contributed by atoms with Gasteiger partial charge < -0.3 is 0 Å². The molecule has 0 aromatic heterocycles. The SMILES string of the molecule is Cc1ccc(S(=O)(=O)CCCC2=CCCS2)cc1. The van der Waals surface area contributed by atoms with E-state index in [0.29, 0.717) is 4.90 Å². The second-order valence-electron chi connectivity index (χ2n) is 4.54. The topological polar surface area (TPSA) is 34.1 Å². The van der Waals surface area contributed by atoms with Crippen LogP contribution < -0.4 is 0 Å². The second kappa shape index (κ2) is 5.93. The fraction of sp³-hybridized carbons (Fsp3) is 0.429. The molecule has 0 N–H and O–H groups in total. The Morgan fingerprint density at radius 1 is 1.22 bits per heavy atom. The number of aryl methyl sites for hydroxylation is 1. The lowest BCUT2D eigenvalue weighted by Crippen LogP contribution is -2.06. The van der Waals surface area contributed by atoms with Crippen LogP contribution in [0.15, 0.2) is 40.1 Å². The van der Waals surface area contributed by atoms with Crippen LogP contribution in [-0.2, 0) is 9.84 Å². The van der Waals surface area contributed by atoms with Gasteiger partial charge in [-0.2, -0.15) is 0 Å². The van der Waals surface area contributed by atoms with Crippen molar-refractivity contribution in [3.63, 3.8) is 0 Å². The highest BCUT2D eigenvalue weighted by Gasteiger charge is 2.14. The van der Waals surface area contributed by atoms with E-state index in [1.54, 1.807) is 12.1 Å². The van der Waals surface area contributed by atoms with Crippen molar-refractivity contribution in [1.82, 2.24) is 0 Å². The average Bonchev–Trinajstić information content (AvgIpc) is 2.82. The highest BCUT2D eigenvalue weighted by Crippen LogP contribution is 2.28. The van der Waals surface area contributed by atoms with E-state index in [1.807, 2.05) is 30.8 Å². The van der Waals surface area contributed by atoms with Crippen LogP contribution in [0.25, 0.3) is 0 Å². The maximum Gasteiger partial charge on any atom is 0.178 e. The van der Waals surface area contributed by atoms with E-state index in [1.165, 1.54) is 4.91 Å². The smallest absolute Gasteiger partial charge is 0.178 e. The molecule has 98 valence electrons. The molecule has 0 spiro atoms. The molecule has 2 nitrogen and oxygen atoms in total. The molecule has 1 aromatic carbocycles. The summed E-state index contributed by atoms with van der Waals surface area (Å²) in [5, 5.41) is 0. The van der Waals surface area contributed by atoms with Crippen molar-refractivity contribution < 1.29 is 8.42 Å². The number of thioether (sulfide) groups is 1. The van der Waals surface area contributed by atoms with Gasteiger partial charge in [-0.25, -0.2) is 8.42 Å². The first-order chi connectivity index (χ1) is 8.58.